The van der Waals surface area contributed by atoms with Crippen molar-refractivity contribution in [2.45, 2.75) is 212 Å². The molecule has 65 heavy (non-hydrogen) atoms. The summed E-state index contributed by atoms with van der Waals surface area (Å²) in [6, 6.07) is 0. The summed E-state index contributed by atoms with van der Waals surface area (Å²) >= 11 is 0. The molecular formula is C52H94NO11P. The van der Waals surface area contributed by atoms with Crippen molar-refractivity contribution in [3.8, 4) is 0 Å². The van der Waals surface area contributed by atoms with E-state index in [-0.39, 0.29) is 38.9 Å². The molecule has 0 heterocycles. The number of unbranched alkanes of at least 4 members (excludes halogenated alkanes) is 20. The van der Waals surface area contributed by atoms with Gasteiger partial charge in [0.1, 0.15) is 19.8 Å². The zero-order valence-electron chi connectivity index (χ0n) is 41.5. The number of rotatable bonds is 45. The van der Waals surface area contributed by atoms with Crippen LogP contribution < -0.4 is 4.89 Å². The first-order valence-electron chi connectivity index (χ1n) is 25.3. The zero-order chi connectivity index (χ0) is 48.3. The maximum atomic E-state index is 12.8. The number of nitrogens with zero attached hydrogens (tertiary/aromatic N) is 1. The fourth-order valence-electron chi connectivity index (χ4n) is 6.82. The number of hydrogen-bond acceptors (Lipinski definition) is 11. The van der Waals surface area contributed by atoms with Crippen molar-refractivity contribution < 1.29 is 57.4 Å². The number of carbonyl (C=O) groups is 2. The van der Waals surface area contributed by atoms with Gasteiger partial charge >= 0.3 is 11.9 Å². The van der Waals surface area contributed by atoms with Gasteiger partial charge < -0.3 is 43.2 Å². The van der Waals surface area contributed by atoms with E-state index >= 15 is 0 Å². The van der Waals surface area contributed by atoms with Gasteiger partial charge in [0.2, 0.25) is 0 Å². The van der Waals surface area contributed by atoms with Crippen molar-refractivity contribution in [3.05, 3.63) is 60.8 Å². The second-order valence-corrected chi connectivity index (χ2v) is 19.8. The molecule has 0 bridgehead atoms. The minimum absolute atomic E-state index is 0.0936. The van der Waals surface area contributed by atoms with E-state index < -0.39 is 50.8 Å². The number of quaternary nitrogens is 1. The normalized spacial score (nSPS) is 15.4. The lowest BCUT2D eigenvalue weighted by atomic mass is 10.0. The van der Waals surface area contributed by atoms with Crippen LogP contribution in [0.15, 0.2) is 60.8 Å². The molecule has 0 aromatic heterocycles. The van der Waals surface area contributed by atoms with Crippen molar-refractivity contribution in [1.29, 1.82) is 0 Å². The van der Waals surface area contributed by atoms with Crippen molar-refractivity contribution in [1.82, 2.24) is 0 Å². The topological polar surface area (TPSA) is 172 Å². The molecular weight excluding hydrogens is 846 g/mol. The highest BCUT2D eigenvalue weighted by atomic mass is 31.2. The molecule has 0 aliphatic heterocycles. The van der Waals surface area contributed by atoms with Crippen LogP contribution in [0.5, 0.6) is 0 Å². The quantitative estimate of drug-likeness (QED) is 0.0132. The standard InChI is InChI=1S/C52H94NO11P/c1-6-8-10-11-12-13-14-15-16-17-18-19-20-21-22-23-24-25-26-31-35-41-51(57)61-45-48(46-63-65(59,60)62-44-43-53(3,4)5)64-52(58)42-36-40-50(56)49(55)39-34-30-28-27-29-33-38-47(54)37-32-9-7-2/h9,27-30,32-34,38-39,47-50,54-56H,6-8,10-26,31,35-37,40-46H2,1-5H3/b29-27+,30-28-,32-9-,38-33+,39-34-/t47-,48+,49+,50+/m0/s1. The Labute approximate surface area is 395 Å². The molecule has 378 valence electrons. The van der Waals surface area contributed by atoms with E-state index in [1.807, 2.05) is 40.2 Å². The van der Waals surface area contributed by atoms with E-state index in [4.69, 9.17) is 18.5 Å². The van der Waals surface area contributed by atoms with Crippen LogP contribution in [0.4, 0.5) is 0 Å². The van der Waals surface area contributed by atoms with Crippen LogP contribution >= 0.6 is 7.82 Å². The molecule has 13 heteroatoms. The van der Waals surface area contributed by atoms with E-state index in [0.29, 0.717) is 23.9 Å². The molecule has 0 fully saturated rings. The monoisotopic (exact) mass is 940 g/mol. The van der Waals surface area contributed by atoms with Gasteiger partial charge in [-0.25, -0.2) is 0 Å². The zero-order valence-corrected chi connectivity index (χ0v) is 42.4. The predicted octanol–water partition coefficient (Wildman–Crippen LogP) is 11.1. The molecule has 0 aliphatic rings. The molecule has 0 aromatic carbocycles. The van der Waals surface area contributed by atoms with Gasteiger partial charge in [0.25, 0.3) is 7.82 Å². The average Bonchev–Trinajstić information content (AvgIpc) is 3.25. The number of carbonyl (C=O) groups excluding carboxylic acids is 2. The number of ether oxygens (including phenoxy) is 2. The lowest BCUT2D eigenvalue weighted by Gasteiger charge is -2.28. The van der Waals surface area contributed by atoms with Gasteiger partial charge in [0, 0.05) is 12.8 Å². The van der Waals surface area contributed by atoms with E-state index in [1.165, 1.54) is 115 Å². The van der Waals surface area contributed by atoms with Gasteiger partial charge in [0.15, 0.2) is 6.10 Å². The number of allylic oxidation sites excluding steroid dienone is 7. The van der Waals surface area contributed by atoms with Crippen LogP contribution in [0.2, 0.25) is 0 Å². The SMILES string of the molecule is CC/C=C\C[C@H](O)/C=C/C=C/C=C\C=C/[C@@H](O)[C@H](O)CCCC(=O)O[C@H](COC(=O)CCCCCCCCCCCCCCCCCCCCCCC)COP(=O)([O-])OCC[N+](C)(C)C. The van der Waals surface area contributed by atoms with Gasteiger partial charge in [-0.1, -0.05) is 203 Å². The Balaban J connectivity index is 4.52. The van der Waals surface area contributed by atoms with Gasteiger partial charge in [-0.15, -0.1) is 0 Å². The highest BCUT2D eigenvalue weighted by Crippen LogP contribution is 2.38. The van der Waals surface area contributed by atoms with Gasteiger partial charge in [-0.2, -0.15) is 0 Å². The first-order chi connectivity index (χ1) is 31.2. The van der Waals surface area contributed by atoms with Crippen LogP contribution in [0.25, 0.3) is 0 Å². The number of phosphoric acid groups is 1. The van der Waals surface area contributed by atoms with Crippen LogP contribution in [0.3, 0.4) is 0 Å². The Hall–Kier alpha value is -2.41. The first-order valence-corrected chi connectivity index (χ1v) is 26.8. The largest absolute Gasteiger partial charge is 0.756 e. The first kappa shape index (κ1) is 62.6. The molecule has 0 saturated carbocycles. The van der Waals surface area contributed by atoms with Crippen molar-refractivity contribution in [2.75, 3.05) is 47.5 Å². The molecule has 3 N–H and O–H groups in total. The minimum atomic E-state index is -4.73. The Bertz CT molecular complexity index is 1340. The van der Waals surface area contributed by atoms with Gasteiger partial charge in [-0.05, 0) is 32.1 Å². The lowest BCUT2D eigenvalue weighted by molar-refractivity contribution is -0.870. The van der Waals surface area contributed by atoms with Crippen molar-refractivity contribution in [3.63, 3.8) is 0 Å². The number of likely N-dealkylation sites (N-methyl/N-ethyl adjacent to an activating group) is 1. The summed E-state index contributed by atoms with van der Waals surface area (Å²) in [6.45, 7) is 3.65. The summed E-state index contributed by atoms with van der Waals surface area (Å²) in [7, 11) is 0.946. The van der Waals surface area contributed by atoms with Crippen molar-refractivity contribution >= 4 is 19.8 Å². The predicted molar refractivity (Wildman–Crippen MR) is 263 cm³/mol. The number of aliphatic hydroxyl groups is 3. The van der Waals surface area contributed by atoms with E-state index in [1.54, 1.807) is 42.5 Å². The Morgan fingerprint density at radius 2 is 1.08 bits per heavy atom. The maximum Gasteiger partial charge on any atom is 0.306 e. The average molecular weight is 940 g/mol. The maximum absolute atomic E-state index is 12.8. The molecule has 1 unspecified atom stereocenters. The molecule has 0 spiro atoms. The Kier molecular flexibility index (Phi) is 41.3. The molecule has 12 nitrogen and oxygen atoms in total. The number of hydrogen-bond donors (Lipinski definition) is 3. The summed E-state index contributed by atoms with van der Waals surface area (Å²) in [5, 5.41) is 30.6. The summed E-state index contributed by atoms with van der Waals surface area (Å²) < 4.78 is 33.7. The molecule has 0 saturated heterocycles. The summed E-state index contributed by atoms with van der Waals surface area (Å²) in [5.74, 6) is -1.16. The smallest absolute Gasteiger partial charge is 0.306 e. The molecule has 0 radical (unpaired) electrons. The minimum Gasteiger partial charge on any atom is -0.756 e. The van der Waals surface area contributed by atoms with Gasteiger partial charge in [0.05, 0.1) is 46.1 Å². The van der Waals surface area contributed by atoms with Crippen LogP contribution in [0.1, 0.15) is 187 Å². The fourth-order valence-corrected chi connectivity index (χ4v) is 7.55. The van der Waals surface area contributed by atoms with Gasteiger partial charge in [-0.3, -0.25) is 14.2 Å². The number of aliphatic hydroxyl groups excluding tert-OH is 3. The molecule has 0 aliphatic carbocycles. The molecule has 0 rings (SSSR count). The Morgan fingerprint density at radius 1 is 0.600 bits per heavy atom. The summed E-state index contributed by atoms with van der Waals surface area (Å²) in [5.41, 5.74) is 0. The second kappa shape index (κ2) is 42.9. The highest BCUT2D eigenvalue weighted by molar-refractivity contribution is 7.45. The molecule has 5 atom stereocenters. The number of phosphoric ester groups is 1. The third-order valence-electron chi connectivity index (χ3n) is 10.9. The summed E-state index contributed by atoms with van der Waals surface area (Å²) in [6.07, 6.45) is 42.0. The third-order valence-corrected chi connectivity index (χ3v) is 11.9. The van der Waals surface area contributed by atoms with Crippen LogP contribution in [-0.2, 0) is 32.7 Å². The molecule has 0 amide bonds. The van der Waals surface area contributed by atoms with Crippen LogP contribution in [-0.4, -0.2) is 104 Å². The van der Waals surface area contributed by atoms with Crippen LogP contribution in [0, 0.1) is 0 Å². The van der Waals surface area contributed by atoms with E-state index in [2.05, 4.69) is 6.92 Å². The lowest BCUT2D eigenvalue weighted by Crippen LogP contribution is -2.37. The third kappa shape index (κ3) is 45.2. The second-order valence-electron chi connectivity index (χ2n) is 18.4. The fraction of sp³-hybridized carbons (Fsp3) is 0.769. The van der Waals surface area contributed by atoms with Crippen molar-refractivity contribution in [2.24, 2.45) is 0 Å². The van der Waals surface area contributed by atoms with E-state index in [0.717, 1.165) is 25.7 Å². The van der Waals surface area contributed by atoms with E-state index in [9.17, 15) is 34.4 Å². The Morgan fingerprint density at radius 3 is 1.58 bits per heavy atom. The molecule has 0 aromatic rings. The number of esters is 2. The summed E-state index contributed by atoms with van der Waals surface area (Å²) in [4.78, 5) is 37.7. The highest BCUT2D eigenvalue weighted by Gasteiger charge is 2.22.